The Balaban J connectivity index is 1.53. The van der Waals surface area contributed by atoms with Crippen LogP contribution >= 0.6 is 0 Å². The lowest BCUT2D eigenvalue weighted by Gasteiger charge is -2.32. The van der Waals surface area contributed by atoms with Crippen LogP contribution in [0.4, 0.5) is 17.1 Å². The summed E-state index contributed by atoms with van der Waals surface area (Å²) in [6.45, 7) is 3.49. The molecule has 2 aliphatic heterocycles. The van der Waals surface area contributed by atoms with Crippen molar-refractivity contribution < 1.29 is 14.3 Å². The third kappa shape index (κ3) is 3.67. The molecule has 1 atom stereocenters. The van der Waals surface area contributed by atoms with Gasteiger partial charge >= 0.3 is 0 Å². The number of benzene rings is 2. The largest absolute Gasteiger partial charge is 0.489 e. The molecule has 4 rings (SSSR count). The molecule has 0 spiro atoms. The monoisotopic (exact) mass is 393 g/mol. The molecule has 0 aromatic heterocycles. The first-order valence-corrected chi connectivity index (χ1v) is 10.1. The average Bonchev–Trinajstić information content (AvgIpc) is 3.14. The van der Waals surface area contributed by atoms with Gasteiger partial charge in [-0.3, -0.25) is 9.59 Å². The van der Waals surface area contributed by atoms with Crippen LogP contribution < -0.4 is 19.4 Å². The van der Waals surface area contributed by atoms with Gasteiger partial charge in [-0.2, -0.15) is 0 Å². The first-order chi connectivity index (χ1) is 14.0. The van der Waals surface area contributed by atoms with Crippen molar-refractivity contribution >= 4 is 28.9 Å². The minimum atomic E-state index is -0.340. The predicted octanol–water partition coefficient (Wildman–Crippen LogP) is 3.09. The van der Waals surface area contributed by atoms with Crippen LogP contribution in [0.3, 0.4) is 0 Å². The second-order valence-electron chi connectivity index (χ2n) is 7.81. The normalized spacial score (nSPS) is 18.4. The van der Waals surface area contributed by atoms with Gasteiger partial charge in [0.2, 0.25) is 11.8 Å². The fourth-order valence-corrected chi connectivity index (χ4v) is 3.97. The van der Waals surface area contributed by atoms with Crippen molar-refractivity contribution in [3.05, 3.63) is 48.0 Å². The fraction of sp³-hybridized carbons (Fsp3) is 0.391. The molecule has 1 fully saturated rings. The third-order valence-electron chi connectivity index (χ3n) is 5.72. The smallest absolute Gasteiger partial charge is 0.232 e. The average molecular weight is 393 g/mol. The highest BCUT2D eigenvalue weighted by Gasteiger charge is 2.38. The molecule has 2 aromatic rings. The molecule has 0 unspecified atom stereocenters. The van der Waals surface area contributed by atoms with Gasteiger partial charge in [0, 0.05) is 44.5 Å². The zero-order valence-corrected chi connectivity index (χ0v) is 17.2. The maximum atomic E-state index is 13.3. The minimum Gasteiger partial charge on any atom is -0.489 e. The molecule has 29 heavy (non-hydrogen) atoms. The summed E-state index contributed by atoms with van der Waals surface area (Å²) >= 11 is 0. The topological polar surface area (TPSA) is 53.1 Å². The Bertz CT molecular complexity index is 923. The van der Waals surface area contributed by atoms with E-state index in [1.807, 2.05) is 61.5 Å². The molecule has 2 aromatic carbocycles. The summed E-state index contributed by atoms with van der Waals surface area (Å²) in [6.07, 6.45) is 1.21. The van der Waals surface area contributed by atoms with E-state index in [0.29, 0.717) is 25.4 Å². The number of fused-ring (bicyclic) bond motifs is 1. The van der Waals surface area contributed by atoms with Crippen LogP contribution in [-0.2, 0) is 16.0 Å². The van der Waals surface area contributed by atoms with E-state index in [4.69, 9.17) is 4.74 Å². The molecule has 0 saturated carbocycles. The van der Waals surface area contributed by atoms with Crippen LogP contribution in [0.5, 0.6) is 5.75 Å². The third-order valence-corrected chi connectivity index (χ3v) is 5.72. The predicted molar refractivity (Wildman–Crippen MR) is 115 cm³/mol. The highest BCUT2D eigenvalue weighted by molar-refractivity contribution is 6.05. The van der Waals surface area contributed by atoms with Gasteiger partial charge in [0.15, 0.2) is 0 Å². The van der Waals surface area contributed by atoms with Crippen molar-refractivity contribution in [3.63, 3.8) is 0 Å². The Hall–Kier alpha value is -3.02. The van der Waals surface area contributed by atoms with Crippen molar-refractivity contribution in [2.75, 3.05) is 48.5 Å². The van der Waals surface area contributed by atoms with Crippen LogP contribution in [0, 0.1) is 5.92 Å². The molecule has 0 aliphatic carbocycles. The van der Waals surface area contributed by atoms with Crippen molar-refractivity contribution in [3.8, 4) is 5.75 Å². The van der Waals surface area contributed by atoms with Crippen LogP contribution in [0.2, 0.25) is 0 Å². The second kappa shape index (κ2) is 7.78. The van der Waals surface area contributed by atoms with E-state index in [9.17, 15) is 9.59 Å². The molecular formula is C23H27N3O3. The molecule has 2 heterocycles. The summed E-state index contributed by atoms with van der Waals surface area (Å²) in [5.74, 6) is 0.372. The van der Waals surface area contributed by atoms with Gasteiger partial charge < -0.3 is 19.4 Å². The highest BCUT2D eigenvalue weighted by atomic mass is 16.5. The van der Waals surface area contributed by atoms with E-state index in [1.54, 1.807) is 9.80 Å². The Kier molecular flexibility index (Phi) is 5.18. The van der Waals surface area contributed by atoms with Gasteiger partial charge in [-0.05, 0) is 36.2 Å². The van der Waals surface area contributed by atoms with E-state index < -0.39 is 0 Å². The number of ether oxygens (including phenoxy) is 1. The first-order valence-electron chi connectivity index (χ1n) is 10.1. The van der Waals surface area contributed by atoms with E-state index in [0.717, 1.165) is 23.5 Å². The highest BCUT2D eigenvalue weighted by Crippen LogP contribution is 2.37. The molecule has 0 radical (unpaired) electrons. The summed E-state index contributed by atoms with van der Waals surface area (Å²) in [7, 11) is 3.94. The molecule has 2 amide bonds. The quantitative estimate of drug-likeness (QED) is 0.801. The van der Waals surface area contributed by atoms with E-state index >= 15 is 0 Å². The fourth-order valence-electron chi connectivity index (χ4n) is 3.97. The van der Waals surface area contributed by atoms with Crippen LogP contribution in [0.25, 0.3) is 0 Å². The van der Waals surface area contributed by atoms with Gasteiger partial charge in [-0.15, -0.1) is 0 Å². The van der Waals surface area contributed by atoms with Gasteiger partial charge in [-0.25, -0.2) is 0 Å². The minimum absolute atomic E-state index is 0.00374. The van der Waals surface area contributed by atoms with E-state index in [2.05, 4.69) is 6.92 Å². The maximum absolute atomic E-state index is 13.3. The lowest BCUT2D eigenvalue weighted by molar-refractivity contribution is -0.124. The number of amides is 2. The SMILES string of the molecule is CCc1ccc(N2C[C@@H](C(=O)N3CCOc4cc(N(C)C)ccc43)CC2=O)cc1. The number of nitrogens with zero attached hydrogens (tertiary/aromatic N) is 3. The number of rotatable bonds is 4. The number of anilines is 3. The summed E-state index contributed by atoms with van der Waals surface area (Å²) < 4.78 is 5.79. The molecule has 0 bridgehead atoms. The lowest BCUT2D eigenvalue weighted by Crippen LogP contribution is -2.42. The summed E-state index contributed by atoms with van der Waals surface area (Å²) in [5, 5.41) is 0. The van der Waals surface area contributed by atoms with Crippen molar-refractivity contribution in [2.24, 2.45) is 5.92 Å². The Morgan fingerprint density at radius 2 is 1.93 bits per heavy atom. The van der Waals surface area contributed by atoms with Gasteiger partial charge in [0.1, 0.15) is 12.4 Å². The lowest BCUT2D eigenvalue weighted by atomic mass is 10.1. The van der Waals surface area contributed by atoms with Gasteiger partial charge in [0.25, 0.3) is 0 Å². The number of hydrogen-bond acceptors (Lipinski definition) is 4. The number of aryl methyl sites for hydroxylation is 1. The molecule has 2 aliphatic rings. The van der Waals surface area contributed by atoms with Crippen molar-refractivity contribution in [2.45, 2.75) is 19.8 Å². The summed E-state index contributed by atoms with van der Waals surface area (Å²) in [5.41, 5.74) is 3.90. The van der Waals surface area contributed by atoms with E-state index in [-0.39, 0.29) is 24.2 Å². The van der Waals surface area contributed by atoms with Crippen molar-refractivity contribution in [1.82, 2.24) is 0 Å². The molecule has 152 valence electrons. The maximum Gasteiger partial charge on any atom is 0.232 e. The Labute approximate surface area is 171 Å². The van der Waals surface area contributed by atoms with Gasteiger partial charge in [0.05, 0.1) is 18.2 Å². The first kappa shape index (κ1) is 19.3. The van der Waals surface area contributed by atoms with Crippen molar-refractivity contribution in [1.29, 1.82) is 0 Å². The van der Waals surface area contributed by atoms with Gasteiger partial charge in [-0.1, -0.05) is 19.1 Å². The summed E-state index contributed by atoms with van der Waals surface area (Å²) in [4.78, 5) is 31.4. The standard InChI is InChI=1S/C23H27N3O3/c1-4-16-5-7-18(8-6-16)26-15-17(13-22(26)27)23(28)25-11-12-29-21-14-19(24(2)3)9-10-20(21)25/h5-10,14,17H,4,11-13,15H2,1-3H3/t17-/m0/s1. The molecule has 6 nitrogen and oxygen atoms in total. The van der Waals surface area contributed by atoms with Crippen LogP contribution in [0.15, 0.2) is 42.5 Å². The number of hydrogen-bond donors (Lipinski definition) is 0. The molecule has 1 saturated heterocycles. The zero-order valence-electron chi connectivity index (χ0n) is 17.2. The molecule has 0 N–H and O–H groups in total. The van der Waals surface area contributed by atoms with Crippen LogP contribution in [-0.4, -0.2) is 45.6 Å². The zero-order chi connectivity index (χ0) is 20.5. The molecular weight excluding hydrogens is 366 g/mol. The summed E-state index contributed by atoms with van der Waals surface area (Å²) in [6, 6.07) is 13.9. The Morgan fingerprint density at radius 3 is 2.62 bits per heavy atom. The number of carbonyl (C=O) groups excluding carboxylic acids is 2. The van der Waals surface area contributed by atoms with E-state index in [1.165, 1.54) is 5.56 Å². The second-order valence-corrected chi connectivity index (χ2v) is 7.81. The number of carbonyl (C=O) groups is 2. The molecule has 6 heteroatoms. The van der Waals surface area contributed by atoms with Crippen LogP contribution in [0.1, 0.15) is 18.9 Å². The Morgan fingerprint density at radius 1 is 1.17 bits per heavy atom.